The molecule has 206 valence electrons. The molecule has 2 atom stereocenters. The highest BCUT2D eigenvalue weighted by atomic mass is 35.5. The molecule has 13 nitrogen and oxygen atoms in total. The molecular formula is C23H30ClN7O6S. The molecule has 38 heavy (non-hydrogen) atoms. The second-order valence-corrected chi connectivity index (χ2v) is 10.9. The van der Waals surface area contributed by atoms with Gasteiger partial charge in [-0.3, -0.25) is 9.59 Å². The number of terminal acetylenes is 1. The highest BCUT2D eigenvalue weighted by Gasteiger charge is 2.61. The van der Waals surface area contributed by atoms with E-state index in [0.717, 1.165) is 15.4 Å². The Morgan fingerprint density at radius 2 is 2.16 bits per heavy atom. The standard InChI is InChI=1S/C17H22N2O4.C6H8ClN5O2S/c1-6-7-18-9-13(20)19(16(18)22)10-23-15(21)14-12(8-11(2)3)17(14,4)5;1-8-6(11-12(13)14)10-3-4-2-9-5(7)15-4/h1,8,12,14H,7,9-10H2,2-5H3;2H,3H2,1H3,(H2,8,10,11)/t12-,14+;/m1./s1. The molecule has 0 aromatic carbocycles. The largest absolute Gasteiger partial charge is 0.443 e. The van der Waals surface area contributed by atoms with E-state index in [2.05, 4.69) is 32.7 Å². The molecule has 1 saturated carbocycles. The molecule has 1 saturated heterocycles. The van der Waals surface area contributed by atoms with Crippen LogP contribution in [0, 0.1) is 39.7 Å². The summed E-state index contributed by atoms with van der Waals surface area (Å²) in [7, 11) is 1.54. The van der Waals surface area contributed by atoms with Crippen molar-refractivity contribution in [1.29, 1.82) is 0 Å². The van der Waals surface area contributed by atoms with Gasteiger partial charge in [-0.2, -0.15) is 0 Å². The lowest BCUT2D eigenvalue weighted by Gasteiger charge is -2.15. The lowest BCUT2D eigenvalue weighted by atomic mass is 10.1. The summed E-state index contributed by atoms with van der Waals surface area (Å²) < 4.78 is 5.64. The lowest BCUT2D eigenvalue weighted by Crippen LogP contribution is -2.36. The molecule has 3 rings (SSSR count). The summed E-state index contributed by atoms with van der Waals surface area (Å²) in [5.74, 6) is 1.50. The number of halogens is 1. The van der Waals surface area contributed by atoms with Crippen molar-refractivity contribution in [1.82, 2.24) is 25.4 Å². The number of esters is 1. The molecule has 2 heterocycles. The predicted octanol–water partition coefficient (Wildman–Crippen LogP) is 2.28. The summed E-state index contributed by atoms with van der Waals surface area (Å²) in [4.78, 5) is 53.0. The SMILES string of the molecule is C#CCN1CC(=O)N(COC(=O)[C@@H]2[C@@H](C=C(C)C)C2(C)C)C1=O.CN/C(=N\[N+](=O)[O-])NCc1cnc(Cl)s1. The molecule has 15 heteroatoms. The zero-order chi connectivity index (χ0) is 28.6. The number of nitrogens with one attached hydrogen (secondary N) is 2. The van der Waals surface area contributed by atoms with Crippen LogP contribution < -0.4 is 10.6 Å². The lowest BCUT2D eigenvalue weighted by molar-refractivity contribution is -0.485. The van der Waals surface area contributed by atoms with Crippen molar-refractivity contribution < 1.29 is 24.2 Å². The fraction of sp³-hybridized carbons (Fsp3) is 0.522. The van der Waals surface area contributed by atoms with Crippen molar-refractivity contribution >= 4 is 46.8 Å². The molecule has 0 spiro atoms. The monoisotopic (exact) mass is 567 g/mol. The van der Waals surface area contributed by atoms with Gasteiger partial charge in [0.15, 0.2) is 16.2 Å². The van der Waals surface area contributed by atoms with E-state index in [4.69, 9.17) is 22.8 Å². The number of aromatic nitrogens is 1. The van der Waals surface area contributed by atoms with E-state index in [1.807, 2.05) is 27.7 Å². The second kappa shape index (κ2) is 13.2. The van der Waals surface area contributed by atoms with Crippen LogP contribution in [0.25, 0.3) is 0 Å². The van der Waals surface area contributed by atoms with E-state index in [0.29, 0.717) is 11.0 Å². The first kappa shape index (κ1) is 30.5. The molecular weight excluding hydrogens is 538 g/mol. The molecule has 0 radical (unpaired) electrons. The molecule has 3 amide bonds. The minimum absolute atomic E-state index is 0.0628. The maximum atomic E-state index is 12.2. The van der Waals surface area contributed by atoms with Gasteiger partial charge in [-0.25, -0.2) is 24.8 Å². The number of guanidine groups is 1. The fourth-order valence-electron chi connectivity index (χ4n) is 3.76. The summed E-state index contributed by atoms with van der Waals surface area (Å²) in [5, 5.41) is 17.7. The Hall–Kier alpha value is -3.70. The van der Waals surface area contributed by atoms with Crippen molar-refractivity contribution in [2.45, 2.75) is 34.2 Å². The maximum Gasteiger partial charge on any atom is 0.330 e. The molecule has 2 aliphatic rings. The van der Waals surface area contributed by atoms with Gasteiger partial charge in [-0.1, -0.05) is 43.0 Å². The number of nitrogens with zero attached hydrogens (tertiary/aromatic N) is 5. The van der Waals surface area contributed by atoms with Crippen LogP contribution in [0.4, 0.5) is 4.79 Å². The highest BCUT2D eigenvalue weighted by molar-refractivity contribution is 7.15. The number of nitro groups is 1. The number of carbonyl (C=O) groups is 3. The van der Waals surface area contributed by atoms with Gasteiger partial charge in [-0.05, 0) is 25.2 Å². The van der Waals surface area contributed by atoms with Gasteiger partial charge >= 0.3 is 12.0 Å². The first-order valence-corrected chi connectivity index (χ1v) is 12.6. The summed E-state index contributed by atoms with van der Waals surface area (Å²) >= 11 is 6.92. The van der Waals surface area contributed by atoms with E-state index in [9.17, 15) is 24.5 Å². The van der Waals surface area contributed by atoms with Crippen LogP contribution >= 0.6 is 22.9 Å². The van der Waals surface area contributed by atoms with Crippen molar-refractivity contribution in [2.75, 3.05) is 26.9 Å². The van der Waals surface area contributed by atoms with Crippen LogP contribution in [-0.4, -0.2) is 70.6 Å². The smallest absolute Gasteiger partial charge is 0.330 e. The Balaban J connectivity index is 0.000000293. The normalized spacial score (nSPS) is 19.7. The van der Waals surface area contributed by atoms with E-state index >= 15 is 0 Å². The van der Waals surface area contributed by atoms with Gasteiger partial charge in [-0.15, -0.1) is 17.8 Å². The van der Waals surface area contributed by atoms with Crippen molar-refractivity contribution in [3.8, 4) is 12.3 Å². The molecule has 1 aliphatic heterocycles. The number of carbonyl (C=O) groups excluding carboxylic acids is 3. The Morgan fingerprint density at radius 1 is 1.47 bits per heavy atom. The number of imide groups is 1. The number of hydrazone groups is 1. The number of thiazole rings is 1. The van der Waals surface area contributed by atoms with Crippen LogP contribution in [0.2, 0.25) is 4.47 Å². The van der Waals surface area contributed by atoms with Crippen LogP contribution in [0.1, 0.15) is 32.6 Å². The van der Waals surface area contributed by atoms with E-state index in [1.165, 1.54) is 23.3 Å². The van der Waals surface area contributed by atoms with Gasteiger partial charge in [0.25, 0.3) is 11.9 Å². The number of allylic oxidation sites excluding steroid dienone is 2. The number of hydrogen-bond acceptors (Lipinski definition) is 8. The quantitative estimate of drug-likeness (QED) is 0.0702. The first-order chi connectivity index (χ1) is 17.8. The molecule has 1 aliphatic carbocycles. The molecule has 1 aromatic rings. The van der Waals surface area contributed by atoms with Gasteiger partial charge in [0.2, 0.25) is 0 Å². The number of hydrogen-bond donors (Lipinski definition) is 2. The predicted molar refractivity (Wildman–Crippen MR) is 141 cm³/mol. The Labute approximate surface area is 229 Å². The van der Waals surface area contributed by atoms with Crippen LogP contribution in [-0.2, 0) is 20.9 Å². The summed E-state index contributed by atoms with van der Waals surface area (Å²) in [6, 6.07) is -0.517. The van der Waals surface area contributed by atoms with Gasteiger partial charge in [0.05, 0.1) is 19.0 Å². The van der Waals surface area contributed by atoms with E-state index < -0.39 is 17.0 Å². The number of urea groups is 1. The topological polar surface area (TPSA) is 159 Å². The average Bonchev–Trinajstić information content (AvgIpc) is 3.08. The molecule has 0 unspecified atom stereocenters. The number of ether oxygens (including phenoxy) is 1. The Kier molecular flexibility index (Phi) is 10.6. The highest BCUT2D eigenvalue weighted by Crippen LogP contribution is 2.59. The average molecular weight is 568 g/mol. The maximum absolute atomic E-state index is 12.2. The van der Waals surface area contributed by atoms with Crippen molar-refractivity contribution in [3.63, 3.8) is 0 Å². The third-order valence-electron chi connectivity index (χ3n) is 5.80. The minimum atomic E-state index is -0.779. The van der Waals surface area contributed by atoms with Crippen molar-refractivity contribution in [2.24, 2.45) is 22.4 Å². The third-order valence-corrected chi connectivity index (χ3v) is 6.91. The Morgan fingerprint density at radius 3 is 2.68 bits per heavy atom. The second-order valence-electron chi connectivity index (χ2n) is 9.20. The summed E-state index contributed by atoms with van der Waals surface area (Å²) in [6.07, 6.45) is 8.81. The van der Waals surface area contributed by atoms with Gasteiger partial charge in [0, 0.05) is 18.1 Å². The first-order valence-electron chi connectivity index (χ1n) is 11.4. The zero-order valence-electron chi connectivity index (χ0n) is 21.7. The van der Waals surface area contributed by atoms with E-state index in [1.54, 1.807) is 6.20 Å². The Bertz CT molecular complexity index is 1170. The third kappa shape index (κ3) is 8.15. The van der Waals surface area contributed by atoms with Crippen LogP contribution in [0.15, 0.2) is 22.9 Å². The molecule has 2 fully saturated rings. The fourth-order valence-corrected chi connectivity index (χ4v) is 4.68. The molecule has 1 aromatic heterocycles. The van der Waals surface area contributed by atoms with Crippen molar-refractivity contribution in [3.05, 3.63) is 37.3 Å². The summed E-state index contributed by atoms with van der Waals surface area (Å²) in [5.41, 5.74) is 0.983. The minimum Gasteiger partial charge on any atom is -0.443 e. The van der Waals surface area contributed by atoms with Crippen LogP contribution in [0.3, 0.4) is 0 Å². The molecule has 2 N–H and O–H groups in total. The number of amides is 3. The number of rotatable bonds is 8. The van der Waals surface area contributed by atoms with Gasteiger partial charge in [0.1, 0.15) is 11.6 Å². The molecule has 0 bridgehead atoms. The summed E-state index contributed by atoms with van der Waals surface area (Å²) in [6.45, 7) is 8.00. The van der Waals surface area contributed by atoms with Crippen LogP contribution in [0.5, 0.6) is 0 Å². The van der Waals surface area contributed by atoms with E-state index in [-0.39, 0.29) is 49.0 Å². The zero-order valence-corrected chi connectivity index (χ0v) is 23.3. The van der Waals surface area contributed by atoms with Gasteiger partial charge < -0.3 is 20.3 Å².